The Hall–Kier alpha value is -2.16. The molecule has 0 radical (unpaired) electrons. The van der Waals surface area contributed by atoms with E-state index in [1.807, 2.05) is 13.0 Å². The van der Waals surface area contributed by atoms with Crippen LogP contribution in [0.5, 0.6) is 11.5 Å². The smallest absolute Gasteiger partial charge is 0.272 e. The molecule has 1 amide bonds. The number of amides is 1. The van der Waals surface area contributed by atoms with E-state index in [0.717, 1.165) is 9.13 Å². The summed E-state index contributed by atoms with van der Waals surface area (Å²) < 4.78 is 11.8. The Morgan fingerprint density at radius 3 is 2.96 bits per heavy atom. The maximum atomic E-state index is 11.9. The monoisotopic (exact) mass is 425 g/mol. The maximum Gasteiger partial charge on any atom is 0.272 e. The minimum Gasteiger partial charge on any atom is -0.493 e. The second-order valence-electron chi connectivity index (χ2n) is 4.41. The number of carbonyl (C=O) groups excluding carboxylic acids is 1. The van der Waals surface area contributed by atoms with Crippen molar-refractivity contribution in [2.45, 2.75) is 6.92 Å². The zero-order valence-corrected chi connectivity index (χ0v) is 14.9. The number of hydrogen-bond donors (Lipinski definition) is 1. The van der Waals surface area contributed by atoms with Crippen LogP contribution in [0.4, 0.5) is 0 Å². The number of pyridine rings is 1. The van der Waals surface area contributed by atoms with E-state index in [2.05, 4.69) is 38.1 Å². The average molecular weight is 425 g/mol. The molecule has 0 unspecified atom stereocenters. The molecule has 1 N–H and O–H groups in total. The van der Waals surface area contributed by atoms with Crippen molar-refractivity contribution in [1.82, 2.24) is 10.4 Å². The summed E-state index contributed by atoms with van der Waals surface area (Å²) in [6.45, 7) is 2.47. The number of nitrogens with one attached hydrogen (secondary N) is 1. The lowest BCUT2D eigenvalue weighted by Crippen LogP contribution is -2.17. The highest BCUT2D eigenvalue weighted by Crippen LogP contribution is 2.33. The molecule has 0 saturated heterocycles. The molecule has 7 heteroatoms. The van der Waals surface area contributed by atoms with Crippen molar-refractivity contribution in [3.63, 3.8) is 0 Å². The number of methoxy groups -OCH3 is 1. The number of hydrazone groups is 1. The van der Waals surface area contributed by atoms with Crippen molar-refractivity contribution in [2.75, 3.05) is 13.7 Å². The topological polar surface area (TPSA) is 72.8 Å². The van der Waals surface area contributed by atoms with Crippen molar-refractivity contribution in [1.29, 1.82) is 0 Å². The summed E-state index contributed by atoms with van der Waals surface area (Å²) in [6, 6.07) is 7.06. The van der Waals surface area contributed by atoms with Gasteiger partial charge in [-0.1, -0.05) is 0 Å². The van der Waals surface area contributed by atoms with Crippen LogP contribution in [0.2, 0.25) is 0 Å². The van der Waals surface area contributed by atoms with Gasteiger partial charge in [0, 0.05) is 12.4 Å². The second-order valence-corrected chi connectivity index (χ2v) is 5.57. The number of carbonyl (C=O) groups is 1. The molecule has 2 aromatic rings. The van der Waals surface area contributed by atoms with E-state index in [4.69, 9.17) is 9.47 Å². The summed E-state index contributed by atoms with van der Waals surface area (Å²) in [5.41, 5.74) is 3.70. The molecule has 23 heavy (non-hydrogen) atoms. The van der Waals surface area contributed by atoms with E-state index in [9.17, 15) is 4.79 Å². The minimum atomic E-state index is -0.318. The molecule has 0 aliphatic carbocycles. The Morgan fingerprint density at radius 2 is 2.30 bits per heavy atom. The molecular formula is C16H16IN3O3. The highest BCUT2D eigenvalue weighted by Gasteiger charge is 2.10. The number of benzene rings is 1. The highest BCUT2D eigenvalue weighted by atomic mass is 127. The lowest BCUT2D eigenvalue weighted by Gasteiger charge is -2.12. The van der Waals surface area contributed by atoms with E-state index in [0.29, 0.717) is 23.7 Å². The fourth-order valence-electron chi connectivity index (χ4n) is 1.83. The van der Waals surface area contributed by atoms with E-state index < -0.39 is 0 Å². The molecule has 0 spiro atoms. The molecule has 1 aromatic carbocycles. The third-order valence-corrected chi connectivity index (χ3v) is 3.65. The van der Waals surface area contributed by atoms with Crippen LogP contribution in [0.3, 0.4) is 0 Å². The summed E-state index contributed by atoms with van der Waals surface area (Å²) in [7, 11) is 1.58. The van der Waals surface area contributed by atoms with Crippen LogP contribution in [0, 0.1) is 3.57 Å². The van der Waals surface area contributed by atoms with Gasteiger partial charge in [0.2, 0.25) is 0 Å². The number of hydrogen-bond acceptors (Lipinski definition) is 5. The molecule has 0 aliphatic rings. The van der Waals surface area contributed by atoms with Crippen LogP contribution in [0.15, 0.2) is 41.8 Å². The zero-order chi connectivity index (χ0) is 16.7. The van der Waals surface area contributed by atoms with Gasteiger partial charge in [-0.2, -0.15) is 5.10 Å². The normalized spacial score (nSPS) is 10.6. The van der Waals surface area contributed by atoms with Crippen LogP contribution in [-0.2, 0) is 0 Å². The fourth-order valence-corrected chi connectivity index (χ4v) is 2.61. The van der Waals surface area contributed by atoms with Crippen molar-refractivity contribution in [2.24, 2.45) is 5.10 Å². The van der Waals surface area contributed by atoms with Gasteiger partial charge in [0.05, 0.1) is 29.1 Å². The molecule has 0 saturated carbocycles. The van der Waals surface area contributed by atoms with Gasteiger partial charge in [-0.3, -0.25) is 9.78 Å². The predicted octanol–water partition coefficient (Wildman–Crippen LogP) is 2.86. The first-order valence-corrected chi connectivity index (χ1v) is 7.97. The highest BCUT2D eigenvalue weighted by molar-refractivity contribution is 14.1. The molecule has 1 aromatic heterocycles. The van der Waals surface area contributed by atoms with Crippen molar-refractivity contribution in [3.8, 4) is 11.5 Å². The quantitative estimate of drug-likeness (QED) is 0.439. The Kier molecular flexibility index (Phi) is 6.33. The Bertz CT molecular complexity index is 705. The largest absolute Gasteiger partial charge is 0.493 e. The molecular weight excluding hydrogens is 409 g/mol. The fraction of sp³-hybridized carbons (Fsp3) is 0.188. The van der Waals surface area contributed by atoms with Crippen molar-refractivity contribution < 1.29 is 14.3 Å². The first-order chi connectivity index (χ1) is 11.2. The molecule has 0 atom stereocenters. The van der Waals surface area contributed by atoms with Gasteiger partial charge < -0.3 is 9.47 Å². The first kappa shape index (κ1) is 17.2. The maximum absolute atomic E-state index is 11.9. The van der Waals surface area contributed by atoms with E-state index in [-0.39, 0.29) is 5.91 Å². The Balaban J connectivity index is 2.11. The number of ether oxygens (including phenoxy) is 2. The minimum absolute atomic E-state index is 0.318. The first-order valence-electron chi connectivity index (χ1n) is 6.89. The average Bonchev–Trinajstić information content (AvgIpc) is 2.57. The molecule has 120 valence electrons. The molecule has 6 nitrogen and oxygen atoms in total. The van der Waals surface area contributed by atoms with Crippen LogP contribution in [-0.4, -0.2) is 30.8 Å². The summed E-state index contributed by atoms with van der Waals surface area (Å²) in [5, 5.41) is 3.96. The SMILES string of the molecule is CCOc1c(I)cc(C=NNC(=O)c2cccnc2)cc1OC. The lowest BCUT2D eigenvalue weighted by atomic mass is 10.2. The van der Waals surface area contributed by atoms with Gasteiger partial charge in [-0.25, -0.2) is 5.43 Å². The van der Waals surface area contributed by atoms with Gasteiger partial charge in [-0.05, 0) is 59.3 Å². The van der Waals surface area contributed by atoms with Gasteiger partial charge in [0.1, 0.15) is 0 Å². The van der Waals surface area contributed by atoms with Crippen LogP contribution < -0.4 is 14.9 Å². The predicted molar refractivity (Wildman–Crippen MR) is 96.2 cm³/mol. The Labute approximate surface area is 148 Å². The summed E-state index contributed by atoms with van der Waals surface area (Å²) in [5.74, 6) is 1.01. The third kappa shape index (κ3) is 4.65. The van der Waals surface area contributed by atoms with Crippen molar-refractivity contribution >= 4 is 34.7 Å². The van der Waals surface area contributed by atoms with Crippen LogP contribution in [0.1, 0.15) is 22.8 Å². The molecule has 1 heterocycles. The van der Waals surface area contributed by atoms with Gasteiger partial charge in [-0.15, -0.1) is 0 Å². The van der Waals surface area contributed by atoms with E-state index in [1.165, 1.54) is 6.20 Å². The molecule has 0 aliphatic heterocycles. The number of aromatic nitrogens is 1. The number of nitrogens with zero attached hydrogens (tertiary/aromatic N) is 2. The number of rotatable bonds is 6. The second kappa shape index (κ2) is 8.47. The van der Waals surface area contributed by atoms with Gasteiger partial charge in [0.25, 0.3) is 5.91 Å². The molecule has 2 rings (SSSR count). The summed E-state index contributed by atoms with van der Waals surface area (Å²) in [4.78, 5) is 15.7. The number of halogens is 1. The van der Waals surface area contributed by atoms with E-state index >= 15 is 0 Å². The van der Waals surface area contributed by atoms with Crippen molar-refractivity contribution in [3.05, 3.63) is 51.4 Å². The molecule has 0 bridgehead atoms. The lowest BCUT2D eigenvalue weighted by molar-refractivity contribution is 0.0955. The van der Waals surface area contributed by atoms with Crippen LogP contribution in [0.25, 0.3) is 0 Å². The third-order valence-electron chi connectivity index (χ3n) is 2.84. The summed E-state index contributed by atoms with van der Waals surface area (Å²) >= 11 is 2.17. The van der Waals surface area contributed by atoms with Gasteiger partial charge in [0.15, 0.2) is 11.5 Å². The standard InChI is InChI=1S/C16H16IN3O3/c1-3-23-15-13(17)7-11(8-14(15)22-2)9-19-20-16(21)12-5-4-6-18-10-12/h4-10H,3H2,1-2H3,(H,20,21). The van der Waals surface area contributed by atoms with Gasteiger partial charge >= 0.3 is 0 Å². The zero-order valence-electron chi connectivity index (χ0n) is 12.7. The molecule has 0 fully saturated rings. The van der Waals surface area contributed by atoms with E-state index in [1.54, 1.807) is 37.7 Å². The Morgan fingerprint density at radius 1 is 1.48 bits per heavy atom. The summed E-state index contributed by atoms with van der Waals surface area (Å²) in [6.07, 6.45) is 4.64. The van der Waals surface area contributed by atoms with Crippen LogP contribution >= 0.6 is 22.6 Å².